The summed E-state index contributed by atoms with van der Waals surface area (Å²) in [6.45, 7) is 6.35. The maximum Gasteiger partial charge on any atom is 0.407 e. The Hall–Kier alpha value is -3.66. The smallest absolute Gasteiger partial charge is 0.407 e. The van der Waals surface area contributed by atoms with E-state index in [9.17, 15) is 28.8 Å². The van der Waals surface area contributed by atoms with Crippen LogP contribution in [0.2, 0.25) is 0 Å². The Morgan fingerprint density at radius 1 is 1.00 bits per heavy atom. The number of rotatable bonds is 15. The zero-order valence-electron chi connectivity index (χ0n) is 25.4. The van der Waals surface area contributed by atoms with Gasteiger partial charge in [-0.3, -0.25) is 24.1 Å². The van der Waals surface area contributed by atoms with Crippen molar-refractivity contribution in [1.29, 1.82) is 0 Å². The van der Waals surface area contributed by atoms with E-state index >= 15 is 0 Å². The van der Waals surface area contributed by atoms with Crippen molar-refractivity contribution in [3.05, 3.63) is 0 Å². The molecule has 0 aromatic heterocycles. The number of hydrogen-bond acceptors (Lipinski definition) is 10. The lowest BCUT2D eigenvalue weighted by Gasteiger charge is -2.40. The number of alkyl carbamates (subject to hydrolysis) is 1. The lowest BCUT2D eigenvalue weighted by Crippen LogP contribution is -2.58. The molecule has 4 amide bonds. The minimum atomic E-state index is -0.805. The second-order valence-corrected chi connectivity index (χ2v) is 11.6. The van der Waals surface area contributed by atoms with Gasteiger partial charge >= 0.3 is 18.0 Å². The van der Waals surface area contributed by atoms with Crippen molar-refractivity contribution in [2.24, 2.45) is 23.7 Å². The van der Waals surface area contributed by atoms with Crippen LogP contribution < -0.4 is 5.32 Å². The van der Waals surface area contributed by atoms with Crippen molar-refractivity contribution in [3.63, 3.8) is 0 Å². The van der Waals surface area contributed by atoms with Crippen LogP contribution in [0.4, 0.5) is 4.79 Å². The molecule has 0 spiro atoms. The van der Waals surface area contributed by atoms with Gasteiger partial charge in [-0.05, 0) is 24.2 Å². The highest BCUT2D eigenvalue weighted by molar-refractivity contribution is 6.01. The SMILES string of the molecule is C#CCC[C@@H]1[C@H](CCC)[C@@H]1COC(=O)NCCC(=O)N1CCN(CC(=O)ON2C(=O)CCC2=O)C(COC(=O)C(C)C)C1. The Bertz CT molecular complexity index is 1070. The van der Waals surface area contributed by atoms with Gasteiger partial charge in [-0.2, -0.15) is 0 Å². The van der Waals surface area contributed by atoms with Gasteiger partial charge in [0, 0.05) is 51.9 Å². The van der Waals surface area contributed by atoms with Crippen LogP contribution in [0.15, 0.2) is 0 Å². The minimum Gasteiger partial charge on any atom is -0.464 e. The molecule has 0 aromatic rings. The van der Waals surface area contributed by atoms with Crippen molar-refractivity contribution < 1.29 is 43.1 Å². The monoisotopic (exact) mass is 604 g/mol. The second kappa shape index (κ2) is 16.3. The van der Waals surface area contributed by atoms with Gasteiger partial charge in [-0.1, -0.05) is 33.6 Å². The fourth-order valence-electron chi connectivity index (χ4n) is 5.65. The second-order valence-electron chi connectivity index (χ2n) is 11.6. The highest BCUT2D eigenvalue weighted by Crippen LogP contribution is 2.51. The average molecular weight is 605 g/mol. The van der Waals surface area contributed by atoms with Crippen molar-refractivity contribution in [2.75, 3.05) is 45.9 Å². The third kappa shape index (κ3) is 9.95. The molecule has 3 aliphatic rings. The summed E-state index contributed by atoms with van der Waals surface area (Å²) < 4.78 is 10.8. The molecule has 43 heavy (non-hydrogen) atoms. The van der Waals surface area contributed by atoms with Crippen molar-refractivity contribution in [1.82, 2.24) is 20.2 Å². The normalized spacial score (nSPS) is 23.6. The average Bonchev–Trinajstić information content (AvgIpc) is 3.54. The zero-order chi connectivity index (χ0) is 31.5. The Morgan fingerprint density at radius 2 is 1.70 bits per heavy atom. The van der Waals surface area contributed by atoms with Crippen molar-refractivity contribution in [3.8, 4) is 12.3 Å². The molecule has 1 saturated carbocycles. The number of amides is 4. The topological polar surface area (TPSA) is 152 Å². The summed E-state index contributed by atoms with van der Waals surface area (Å²) >= 11 is 0. The Labute approximate surface area is 252 Å². The molecule has 13 nitrogen and oxygen atoms in total. The number of imide groups is 1. The standard InChI is InChI=1S/C30H44N4O9/c1-5-7-9-23-22(8-6-2)24(23)19-42-30(40)31-13-12-25(35)33-15-14-32(21(16-33)18-41-29(39)20(3)4)17-28(38)43-34-26(36)10-11-27(34)37/h1,20-24H,6-19H2,2-4H3,(H,31,40)/t21?,22-,23+,24-/m0/s1. The first kappa shape index (κ1) is 33.8. The lowest BCUT2D eigenvalue weighted by molar-refractivity contribution is -0.199. The minimum absolute atomic E-state index is 0.0131. The summed E-state index contributed by atoms with van der Waals surface area (Å²) in [5, 5.41) is 3.12. The summed E-state index contributed by atoms with van der Waals surface area (Å²) in [5.41, 5.74) is 0. The number of hydroxylamine groups is 2. The molecule has 2 aliphatic heterocycles. The first-order valence-corrected chi connectivity index (χ1v) is 15.1. The van der Waals surface area contributed by atoms with Crippen LogP contribution in [0.3, 0.4) is 0 Å². The molecule has 3 fully saturated rings. The van der Waals surface area contributed by atoms with Crippen LogP contribution in [0.25, 0.3) is 0 Å². The summed E-state index contributed by atoms with van der Waals surface area (Å²) in [7, 11) is 0. The van der Waals surface area contributed by atoms with E-state index in [0.29, 0.717) is 29.4 Å². The van der Waals surface area contributed by atoms with Gasteiger partial charge in [-0.25, -0.2) is 9.59 Å². The van der Waals surface area contributed by atoms with E-state index in [1.165, 1.54) is 0 Å². The van der Waals surface area contributed by atoms with Crippen LogP contribution in [0.1, 0.15) is 65.7 Å². The number of carbonyl (C=O) groups is 6. The molecule has 0 radical (unpaired) electrons. The van der Waals surface area contributed by atoms with E-state index < -0.39 is 35.9 Å². The molecule has 1 aliphatic carbocycles. The van der Waals surface area contributed by atoms with Gasteiger partial charge in [0.15, 0.2) is 0 Å². The van der Waals surface area contributed by atoms with Crippen LogP contribution in [-0.2, 0) is 38.3 Å². The first-order chi connectivity index (χ1) is 20.5. The highest BCUT2D eigenvalue weighted by Gasteiger charge is 2.48. The molecule has 1 N–H and O–H groups in total. The maximum atomic E-state index is 13.0. The lowest BCUT2D eigenvalue weighted by atomic mass is 10.1. The van der Waals surface area contributed by atoms with E-state index in [1.54, 1.807) is 23.6 Å². The molecule has 13 heteroatoms. The van der Waals surface area contributed by atoms with E-state index in [0.717, 1.165) is 25.7 Å². The van der Waals surface area contributed by atoms with E-state index in [1.807, 2.05) is 0 Å². The summed E-state index contributed by atoms with van der Waals surface area (Å²) in [4.78, 5) is 81.7. The quantitative estimate of drug-likeness (QED) is 0.165. The van der Waals surface area contributed by atoms with Crippen LogP contribution in [0.5, 0.6) is 0 Å². The highest BCUT2D eigenvalue weighted by atomic mass is 16.7. The number of terminal acetylenes is 1. The van der Waals surface area contributed by atoms with Gasteiger partial charge in [0.2, 0.25) is 5.91 Å². The molecule has 0 aromatic carbocycles. The van der Waals surface area contributed by atoms with E-state index in [-0.39, 0.29) is 70.4 Å². The van der Waals surface area contributed by atoms with Gasteiger partial charge in [-0.15, -0.1) is 17.4 Å². The van der Waals surface area contributed by atoms with E-state index in [4.69, 9.17) is 20.7 Å². The van der Waals surface area contributed by atoms with Crippen LogP contribution in [0, 0.1) is 36.0 Å². The van der Waals surface area contributed by atoms with Gasteiger partial charge in [0.25, 0.3) is 11.8 Å². The molecule has 2 saturated heterocycles. The molecule has 4 atom stereocenters. The molecular weight excluding hydrogens is 560 g/mol. The summed E-state index contributed by atoms with van der Waals surface area (Å²) in [5.74, 6) is 1.07. The third-order valence-electron chi connectivity index (χ3n) is 8.15. The zero-order valence-corrected chi connectivity index (χ0v) is 25.4. The number of nitrogens with zero attached hydrogens (tertiary/aromatic N) is 3. The molecule has 2 heterocycles. The number of ether oxygens (including phenoxy) is 2. The third-order valence-corrected chi connectivity index (χ3v) is 8.15. The Balaban J connectivity index is 1.45. The molecule has 0 bridgehead atoms. The van der Waals surface area contributed by atoms with Crippen molar-refractivity contribution in [2.45, 2.75) is 71.8 Å². The van der Waals surface area contributed by atoms with E-state index in [2.05, 4.69) is 18.2 Å². The first-order valence-electron chi connectivity index (χ1n) is 15.1. The summed E-state index contributed by atoms with van der Waals surface area (Å²) in [6, 6.07) is -0.520. The predicted octanol–water partition coefficient (Wildman–Crippen LogP) is 1.50. The number of hydrogen-bond donors (Lipinski definition) is 1. The largest absolute Gasteiger partial charge is 0.464 e. The molecule has 3 rings (SSSR count). The number of carbonyl (C=O) groups excluding carboxylic acids is 6. The molecular formula is C30H44N4O9. The van der Waals surface area contributed by atoms with Crippen LogP contribution in [-0.4, -0.2) is 103 Å². The van der Waals surface area contributed by atoms with Gasteiger partial charge in [0.1, 0.15) is 6.61 Å². The van der Waals surface area contributed by atoms with Gasteiger partial charge < -0.3 is 24.5 Å². The van der Waals surface area contributed by atoms with Crippen molar-refractivity contribution >= 4 is 35.8 Å². The number of esters is 1. The Morgan fingerprint density at radius 3 is 2.35 bits per heavy atom. The Kier molecular flexibility index (Phi) is 12.8. The van der Waals surface area contributed by atoms with Crippen LogP contribution >= 0.6 is 0 Å². The number of nitrogens with one attached hydrogen (secondary N) is 1. The fraction of sp³-hybridized carbons (Fsp3) is 0.733. The van der Waals surface area contributed by atoms with Gasteiger partial charge in [0.05, 0.1) is 25.1 Å². The maximum absolute atomic E-state index is 13.0. The predicted molar refractivity (Wildman–Crippen MR) is 152 cm³/mol. The summed E-state index contributed by atoms with van der Waals surface area (Å²) in [6.07, 6.45) is 8.66. The molecule has 1 unspecified atom stereocenters. The molecule has 238 valence electrons. The fourth-order valence-corrected chi connectivity index (χ4v) is 5.65. The number of piperazine rings is 1.